The molecule has 0 spiro atoms. The Labute approximate surface area is 145 Å². The Hall–Kier alpha value is -2.48. The van der Waals surface area contributed by atoms with Crippen molar-refractivity contribution in [3.05, 3.63) is 30.1 Å². The summed E-state index contributed by atoms with van der Waals surface area (Å²) >= 11 is 0. The van der Waals surface area contributed by atoms with Crippen LogP contribution >= 0.6 is 0 Å². The maximum Gasteiger partial charge on any atom is 0.249 e. The summed E-state index contributed by atoms with van der Waals surface area (Å²) in [5, 5.41) is 5.44. The average molecular weight is 347 g/mol. The minimum atomic E-state index is -0.780. The van der Waals surface area contributed by atoms with Crippen molar-refractivity contribution in [3.63, 3.8) is 0 Å². The van der Waals surface area contributed by atoms with Gasteiger partial charge in [-0.2, -0.15) is 0 Å². The zero-order valence-electron chi connectivity index (χ0n) is 14.2. The zero-order chi connectivity index (χ0) is 17.8. The summed E-state index contributed by atoms with van der Waals surface area (Å²) in [5.41, 5.74) is 0.477. The first kappa shape index (κ1) is 17.3. The SMILES string of the molecule is CCN1CCN(C2=N[C@H](C(=O)Nc3ccc(F)cc3)CC(=O)N2)CC1. The number of aliphatic imine (C=N–C) groups is 1. The van der Waals surface area contributed by atoms with Gasteiger partial charge in [-0.15, -0.1) is 0 Å². The van der Waals surface area contributed by atoms with E-state index in [1.54, 1.807) is 0 Å². The third-order valence-corrected chi connectivity index (χ3v) is 4.44. The first-order valence-electron chi connectivity index (χ1n) is 8.46. The van der Waals surface area contributed by atoms with Crippen molar-refractivity contribution in [1.29, 1.82) is 0 Å². The summed E-state index contributed by atoms with van der Waals surface area (Å²) in [7, 11) is 0. The average Bonchev–Trinajstić information content (AvgIpc) is 2.63. The maximum absolute atomic E-state index is 12.9. The van der Waals surface area contributed by atoms with Gasteiger partial charge in [0.05, 0.1) is 6.42 Å². The number of likely N-dealkylation sites (N-methyl/N-ethyl adjacent to an activating group) is 1. The van der Waals surface area contributed by atoms with Gasteiger partial charge in [-0.1, -0.05) is 6.92 Å². The topological polar surface area (TPSA) is 77.0 Å². The first-order valence-corrected chi connectivity index (χ1v) is 8.46. The lowest BCUT2D eigenvalue weighted by Gasteiger charge is -2.37. The zero-order valence-corrected chi connectivity index (χ0v) is 14.2. The van der Waals surface area contributed by atoms with Crippen molar-refractivity contribution in [2.75, 3.05) is 38.0 Å². The van der Waals surface area contributed by atoms with Crippen LogP contribution in [0.25, 0.3) is 0 Å². The molecule has 2 heterocycles. The van der Waals surface area contributed by atoms with Crippen molar-refractivity contribution in [3.8, 4) is 0 Å². The number of amides is 2. The van der Waals surface area contributed by atoms with Crippen LogP contribution in [0.1, 0.15) is 13.3 Å². The molecule has 25 heavy (non-hydrogen) atoms. The summed E-state index contributed by atoms with van der Waals surface area (Å²) in [5.74, 6) is -0.499. The van der Waals surface area contributed by atoms with E-state index in [1.807, 2.05) is 4.90 Å². The van der Waals surface area contributed by atoms with E-state index in [0.717, 1.165) is 32.7 Å². The van der Waals surface area contributed by atoms with Crippen molar-refractivity contribution >= 4 is 23.5 Å². The van der Waals surface area contributed by atoms with Crippen LogP contribution < -0.4 is 10.6 Å². The highest BCUT2D eigenvalue weighted by molar-refractivity contribution is 6.05. The fourth-order valence-corrected chi connectivity index (χ4v) is 2.92. The smallest absolute Gasteiger partial charge is 0.249 e. The number of halogens is 1. The number of piperazine rings is 1. The standard InChI is InChI=1S/C17H22FN5O2/c1-2-22-7-9-23(10-8-22)17-20-14(11-15(24)21-17)16(25)19-13-5-3-12(18)4-6-13/h3-6,14H,2,7-11H2,1H3,(H,19,25)(H,20,21,24)/t14-/m0/s1. The van der Waals surface area contributed by atoms with Gasteiger partial charge >= 0.3 is 0 Å². The molecular formula is C17H22FN5O2. The number of nitrogens with one attached hydrogen (secondary N) is 2. The third kappa shape index (κ3) is 4.33. The molecule has 1 saturated heterocycles. The molecule has 3 rings (SSSR count). The number of carbonyl (C=O) groups excluding carboxylic acids is 2. The van der Waals surface area contributed by atoms with E-state index < -0.39 is 6.04 Å². The van der Waals surface area contributed by atoms with Gasteiger partial charge in [-0.3, -0.25) is 14.9 Å². The molecule has 0 saturated carbocycles. The van der Waals surface area contributed by atoms with Gasteiger partial charge in [0.15, 0.2) is 0 Å². The second-order valence-corrected chi connectivity index (χ2v) is 6.14. The summed E-state index contributed by atoms with van der Waals surface area (Å²) in [6.07, 6.45) is 0.00541. The predicted octanol–water partition coefficient (Wildman–Crippen LogP) is 0.646. The lowest BCUT2D eigenvalue weighted by molar-refractivity contribution is -0.125. The molecule has 1 fully saturated rings. The second-order valence-electron chi connectivity index (χ2n) is 6.14. The van der Waals surface area contributed by atoms with Crippen LogP contribution in [-0.4, -0.2) is 66.3 Å². The molecule has 0 unspecified atom stereocenters. The van der Waals surface area contributed by atoms with E-state index in [2.05, 4.69) is 27.4 Å². The van der Waals surface area contributed by atoms with Crippen molar-refractivity contribution < 1.29 is 14.0 Å². The monoisotopic (exact) mass is 347 g/mol. The molecule has 2 aliphatic rings. The van der Waals surface area contributed by atoms with Crippen LogP contribution in [0, 0.1) is 5.82 Å². The predicted molar refractivity (Wildman–Crippen MR) is 92.7 cm³/mol. The summed E-state index contributed by atoms with van der Waals surface area (Å²) in [4.78, 5) is 33.1. The van der Waals surface area contributed by atoms with E-state index in [4.69, 9.17) is 0 Å². The van der Waals surface area contributed by atoms with Gasteiger partial charge in [-0.25, -0.2) is 9.38 Å². The van der Waals surface area contributed by atoms with Gasteiger partial charge in [0.25, 0.3) is 0 Å². The number of rotatable bonds is 3. The highest BCUT2D eigenvalue weighted by atomic mass is 19.1. The molecule has 0 aromatic heterocycles. The fraction of sp³-hybridized carbons (Fsp3) is 0.471. The third-order valence-electron chi connectivity index (χ3n) is 4.44. The van der Waals surface area contributed by atoms with Crippen LogP contribution in [0.2, 0.25) is 0 Å². The van der Waals surface area contributed by atoms with E-state index >= 15 is 0 Å². The normalized spacial score (nSPS) is 21.5. The maximum atomic E-state index is 12.9. The minimum absolute atomic E-state index is 0.00541. The van der Waals surface area contributed by atoms with Gasteiger partial charge in [0.1, 0.15) is 11.9 Å². The second kappa shape index (κ2) is 7.60. The molecule has 1 aromatic carbocycles. The molecular weight excluding hydrogens is 325 g/mol. The summed E-state index contributed by atoms with van der Waals surface area (Å²) < 4.78 is 12.9. The van der Waals surface area contributed by atoms with Gasteiger partial charge in [0, 0.05) is 31.9 Å². The molecule has 2 aliphatic heterocycles. The summed E-state index contributed by atoms with van der Waals surface area (Å²) in [6, 6.07) is 4.71. The largest absolute Gasteiger partial charge is 0.340 e. The number of hydrogen-bond acceptors (Lipinski definition) is 5. The number of guanidine groups is 1. The number of benzene rings is 1. The lowest BCUT2D eigenvalue weighted by Crippen LogP contribution is -2.56. The Balaban J connectivity index is 1.67. The van der Waals surface area contributed by atoms with E-state index in [0.29, 0.717) is 11.6 Å². The molecule has 0 radical (unpaired) electrons. The number of nitrogens with zero attached hydrogens (tertiary/aromatic N) is 3. The number of carbonyl (C=O) groups is 2. The van der Waals surface area contributed by atoms with E-state index in [1.165, 1.54) is 24.3 Å². The van der Waals surface area contributed by atoms with Crippen molar-refractivity contribution in [2.45, 2.75) is 19.4 Å². The lowest BCUT2D eigenvalue weighted by atomic mass is 10.1. The molecule has 1 aromatic rings. The highest BCUT2D eigenvalue weighted by Gasteiger charge is 2.30. The van der Waals surface area contributed by atoms with Crippen LogP contribution in [0.4, 0.5) is 10.1 Å². The first-order chi connectivity index (χ1) is 12.0. The van der Waals surface area contributed by atoms with Gasteiger partial charge in [0.2, 0.25) is 17.8 Å². The van der Waals surface area contributed by atoms with Crippen molar-refractivity contribution in [2.24, 2.45) is 4.99 Å². The highest BCUT2D eigenvalue weighted by Crippen LogP contribution is 2.13. The van der Waals surface area contributed by atoms with Crippen LogP contribution in [0.3, 0.4) is 0 Å². The molecule has 8 heteroatoms. The molecule has 2 amide bonds. The van der Waals surface area contributed by atoms with E-state index in [-0.39, 0.29) is 24.1 Å². The Kier molecular flexibility index (Phi) is 5.28. The molecule has 0 bridgehead atoms. The number of anilines is 1. The molecule has 1 atom stereocenters. The molecule has 134 valence electrons. The quantitative estimate of drug-likeness (QED) is 0.842. The van der Waals surface area contributed by atoms with Crippen LogP contribution in [-0.2, 0) is 9.59 Å². The minimum Gasteiger partial charge on any atom is -0.340 e. The van der Waals surface area contributed by atoms with Crippen LogP contribution in [0.15, 0.2) is 29.3 Å². The summed E-state index contributed by atoms with van der Waals surface area (Å²) in [6.45, 7) is 6.44. The van der Waals surface area contributed by atoms with Crippen molar-refractivity contribution in [1.82, 2.24) is 15.1 Å². The van der Waals surface area contributed by atoms with Crippen LogP contribution in [0.5, 0.6) is 0 Å². The Morgan fingerprint density at radius 1 is 1.28 bits per heavy atom. The van der Waals surface area contributed by atoms with Gasteiger partial charge < -0.3 is 15.1 Å². The Morgan fingerprint density at radius 3 is 2.60 bits per heavy atom. The van der Waals surface area contributed by atoms with Gasteiger partial charge in [-0.05, 0) is 30.8 Å². The molecule has 7 nitrogen and oxygen atoms in total. The molecule has 2 N–H and O–H groups in total. The number of hydrogen-bond donors (Lipinski definition) is 2. The fourth-order valence-electron chi connectivity index (χ4n) is 2.92. The Bertz CT molecular complexity index is 668. The van der Waals surface area contributed by atoms with E-state index in [9.17, 15) is 14.0 Å². The Morgan fingerprint density at radius 2 is 1.96 bits per heavy atom. The molecule has 0 aliphatic carbocycles.